The summed E-state index contributed by atoms with van der Waals surface area (Å²) >= 11 is 0. The van der Waals surface area contributed by atoms with E-state index in [0.29, 0.717) is 5.56 Å². The van der Waals surface area contributed by atoms with Crippen molar-refractivity contribution >= 4 is 25.6 Å². The third-order valence-corrected chi connectivity index (χ3v) is 4.47. The quantitative estimate of drug-likeness (QED) is 0.783. The molecule has 0 aromatic heterocycles. The third-order valence-electron chi connectivity index (χ3n) is 3.11. The summed E-state index contributed by atoms with van der Waals surface area (Å²) < 4.78 is 22.6. The second-order valence-electron chi connectivity index (χ2n) is 4.41. The zero-order chi connectivity index (χ0) is 13.3. The first-order chi connectivity index (χ1) is 8.39. The van der Waals surface area contributed by atoms with Gasteiger partial charge in [-0.15, -0.1) is 0 Å². The summed E-state index contributed by atoms with van der Waals surface area (Å²) in [6.45, 7) is 3.25. The molecule has 0 saturated carbocycles. The lowest BCUT2D eigenvalue weighted by atomic mass is 10.1. The van der Waals surface area contributed by atoms with Crippen LogP contribution < -0.4 is 0 Å². The number of amides is 1. The molecular formula is C12H14ClNO3S. The molecule has 1 saturated heterocycles. The average molecular weight is 288 g/mol. The molecule has 1 heterocycles. The van der Waals surface area contributed by atoms with Crippen LogP contribution in [0.25, 0.3) is 0 Å². The topological polar surface area (TPSA) is 54.5 Å². The molecular weight excluding hydrogens is 274 g/mol. The Kier molecular flexibility index (Phi) is 3.64. The fourth-order valence-electron chi connectivity index (χ4n) is 2.07. The number of likely N-dealkylation sites (tertiary alicyclic amines) is 1. The number of aryl methyl sites for hydroxylation is 1. The molecule has 2 rings (SSSR count). The Balaban J connectivity index is 2.40. The van der Waals surface area contributed by atoms with E-state index in [1.165, 1.54) is 12.1 Å². The summed E-state index contributed by atoms with van der Waals surface area (Å²) in [5.74, 6) is -0.118. The fourth-order valence-corrected chi connectivity index (χ4v) is 2.85. The standard InChI is InChI=1S/C12H14ClNO3S/c1-9-4-5-10(18(13,16)17)8-11(9)12(15)14-6-2-3-7-14/h4-5,8H,2-3,6-7H2,1H3. The number of hydrogen-bond donors (Lipinski definition) is 0. The number of carbonyl (C=O) groups is 1. The monoisotopic (exact) mass is 287 g/mol. The van der Waals surface area contributed by atoms with E-state index in [4.69, 9.17) is 10.7 Å². The van der Waals surface area contributed by atoms with Gasteiger partial charge in [0.2, 0.25) is 0 Å². The van der Waals surface area contributed by atoms with Crippen LogP contribution in [0.2, 0.25) is 0 Å². The number of hydrogen-bond acceptors (Lipinski definition) is 3. The first kappa shape index (κ1) is 13.4. The normalized spacial score (nSPS) is 16.0. The molecule has 98 valence electrons. The Hall–Kier alpha value is -1.07. The van der Waals surface area contributed by atoms with Gasteiger partial charge in [0, 0.05) is 29.3 Å². The maximum absolute atomic E-state index is 12.2. The molecule has 4 nitrogen and oxygen atoms in total. The van der Waals surface area contributed by atoms with E-state index < -0.39 is 9.05 Å². The van der Waals surface area contributed by atoms with Crippen LogP contribution in [0.3, 0.4) is 0 Å². The van der Waals surface area contributed by atoms with Crippen molar-refractivity contribution in [2.75, 3.05) is 13.1 Å². The minimum absolute atomic E-state index is 0.0303. The summed E-state index contributed by atoms with van der Waals surface area (Å²) in [5, 5.41) is 0. The molecule has 1 amide bonds. The fraction of sp³-hybridized carbons (Fsp3) is 0.417. The molecule has 6 heteroatoms. The maximum atomic E-state index is 12.2. The summed E-state index contributed by atoms with van der Waals surface area (Å²) in [5.41, 5.74) is 1.18. The van der Waals surface area contributed by atoms with Gasteiger partial charge in [-0.05, 0) is 37.5 Å². The van der Waals surface area contributed by atoms with Gasteiger partial charge in [0.05, 0.1) is 4.90 Å². The van der Waals surface area contributed by atoms with Gasteiger partial charge in [-0.25, -0.2) is 8.42 Å². The van der Waals surface area contributed by atoms with E-state index in [1.807, 2.05) is 0 Å². The van der Waals surface area contributed by atoms with Crippen molar-refractivity contribution < 1.29 is 13.2 Å². The predicted octanol–water partition coefficient (Wildman–Crippen LogP) is 2.16. The molecule has 0 radical (unpaired) electrons. The van der Waals surface area contributed by atoms with Gasteiger partial charge in [-0.3, -0.25) is 4.79 Å². The van der Waals surface area contributed by atoms with Crippen molar-refractivity contribution in [1.29, 1.82) is 0 Å². The van der Waals surface area contributed by atoms with Gasteiger partial charge < -0.3 is 4.90 Å². The van der Waals surface area contributed by atoms with E-state index in [2.05, 4.69) is 0 Å². The van der Waals surface area contributed by atoms with Crippen molar-refractivity contribution in [3.63, 3.8) is 0 Å². The molecule has 1 aliphatic rings. The molecule has 1 aromatic carbocycles. The molecule has 1 aliphatic heterocycles. The molecule has 0 atom stereocenters. The van der Waals surface area contributed by atoms with Gasteiger partial charge in [-0.2, -0.15) is 0 Å². The van der Waals surface area contributed by atoms with E-state index in [9.17, 15) is 13.2 Å². The van der Waals surface area contributed by atoms with Crippen LogP contribution in [0.1, 0.15) is 28.8 Å². The number of carbonyl (C=O) groups excluding carboxylic acids is 1. The molecule has 18 heavy (non-hydrogen) atoms. The molecule has 0 unspecified atom stereocenters. The Morgan fingerprint density at radius 3 is 2.44 bits per heavy atom. The van der Waals surface area contributed by atoms with Gasteiger partial charge >= 0.3 is 0 Å². The highest BCUT2D eigenvalue weighted by molar-refractivity contribution is 8.13. The van der Waals surface area contributed by atoms with E-state index in [1.54, 1.807) is 17.9 Å². The van der Waals surface area contributed by atoms with Crippen molar-refractivity contribution in [2.45, 2.75) is 24.7 Å². The van der Waals surface area contributed by atoms with E-state index in [0.717, 1.165) is 31.5 Å². The van der Waals surface area contributed by atoms with Crippen molar-refractivity contribution in [1.82, 2.24) is 4.90 Å². The van der Waals surface area contributed by atoms with Crippen LogP contribution in [-0.4, -0.2) is 32.3 Å². The molecule has 1 aromatic rings. The van der Waals surface area contributed by atoms with Crippen molar-refractivity contribution in [3.8, 4) is 0 Å². The number of rotatable bonds is 2. The highest BCUT2D eigenvalue weighted by Crippen LogP contribution is 2.21. The van der Waals surface area contributed by atoms with E-state index in [-0.39, 0.29) is 10.8 Å². The number of halogens is 1. The minimum atomic E-state index is -3.80. The van der Waals surface area contributed by atoms with E-state index >= 15 is 0 Å². The smallest absolute Gasteiger partial charge is 0.261 e. The first-order valence-electron chi connectivity index (χ1n) is 5.74. The molecule has 1 fully saturated rings. The minimum Gasteiger partial charge on any atom is -0.339 e. The lowest BCUT2D eigenvalue weighted by Gasteiger charge is -2.17. The van der Waals surface area contributed by atoms with Gasteiger partial charge in [0.25, 0.3) is 15.0 Å². The third kappa shape index (κ3) is 2.67. The average Bonchev–Trinajstić information content (AvgIpc) is 2.80. The number of nitrogens with zero attached hydrogens (tertiary/aromatic N) is 1. The zero-order valence-electron chi connectivity index (χ0n) is 10.0. The molecule has 0 bridgehead atoms. The lowest BCUT2D eigenvalue weighted by Crippen LogP contribution is -2.28. The SMILES string of the molecule is Cc1ccc(S(=O)(=O)Cl)cc1C(=O)N1CCCC1. The van der Waals surface area contributed by atoms with Crippen LogP contribution in [-0.2, 0) is 9.05 Å². The second kappa shape index (κ2) is 4.90. The van der Waals surface area contributed by atoms with Crippen LogP contribution >= 0.6 is 10.7 Å². The highest BCUT2D eigenvalue weighted by Gasteiger charge is 2.22. The summed E-state index contributed by atoms with van der Waals surface area (Å²) in [7, 11) is 1.50. The van der Waals surface area contributed by atoms with Crippen LogP contribution in [0.15, 0.2) is 23.1 Å². The summed E-state index contributed by atoms with van der Waals surface area (Å²) in [4.78, 5) is 13.9. The highest BCUT2D eigenvalue weighted by atomic mass is 35.7. The molecule has 0 spiro atoms. The number of benzene rings is 1. The zero-order valence-corrected chi connectivity index (χ0v) is 11.6. The van der Waals surface area contributed by atoms with Gasteiger partial charge in [0.15, 0.2) is 0 Å². The van der Waals surface area contributed by atoms with Crippen LogP contribution in [0.4, 0.5) is 0 Å². The van der Waals surface area contributed by atoms with Gasteiger partial charge in [-0.1, -0.05) is 6.07 Å². The van der Waals surface area contributed by atoms with Crippen LogP contribution in [0, 0.1) is 6.92 Å². The molecule has 0 N–H and O–H groups in total. The van der Waals surface area contributed by atoms with Gasteiger partial charge in [0.1, 0.15) is 0 Å². The Bertz CT molecular complexity index is 577. The summed E-state index contributed by atoms with van der Waals surface area (Å²) in [6, 6.07) is 4.38. The second-order valence-corrected chi connectivity index (χ2v) is 6.98. The largest absolute Gasteiger partial charge is 0.339 e. The Morgan fingerprint density at radius 1 is 1.28 bits per heavy atom. The predicted molar refractivity (Wildman–Crippen MR) is 69.4 cm³/mol. The summed E-state index contributed by atoms with van der Waals surface area (Å²) in [6.07, 6.45) is 2.00. The Morgan fingerprint density at radius 2 is 1.89 bits per heavy atom. The maximum Gasteiger partial charge on any atom is 0.261 e. The first-order valence-corrected chi connectivity index (χ1v) is 8.05. The molecule has 0 aliphatic carbocycles. The van der Waals surface area contributed by atoms with Crippen LogP contribution in [0.5, 0.6) is 0 Å². The Labute approximate surface area is 111 Å². The lowest BCUT2D eigenvalue weighted by molar-refractivity contribution is 0.0792. The van der Waals surface area contributed by atoms with Crippen molar-refractivity contribution in [2.24, 2.45) is 0 Å². The van der Waals surface area contributed by atoms with Crippen molar-refractivity contribution in [3.05, 3.63) is 29.3 Å².